The van der Waals surface area contributed by atoms with Gasteiger partial charge in [-0.15, -0.1) is 0 Å². The maximum Gasteiger partial charge on any atom is 0.407 e. The van der Waals surface area contributed by atoms with Gasteiger partial charge in [-0.3, -0.25) is 9.58 Å². The average Bonchev–Trinajstić information content (AvgIpc) is 3.11. The van der Waals surface area contributed by atoms with Crippen LogP contribution < -0.4 is 0 Å². The molecule has 30 heavy (non-hydrogen) atoms. The summed E-state index contributed by atoms with van der Waals surface area (Å²) in [4.78, 5) is 14.2. The summed E-state index contributed by atoms with van der Waals surface area (Å²) >= 11 is 0. The molecule has 0 saturated heterocycles. The zero-order valence-electron chi connectivity index (χ0n) is 18.5. The molecule has 1 aromatic rings. The second kappa shape index (κ2) is 8.78. The summed E-state index contributed by atoms with van der Waals surface area (Å²) in [7, 11) is 5.17. The molecule has 9 heteroatoms. The lowest BCUT2D eigenvalue weighted by molar-refractivity contribution is 0.000605. The number of halogens is 2. The molecule has 0 spiro atoms. The van der Waals surface area contributed by atoms with Gasteiger partial charge in [-0.1, -0.05) is 6.92 Å². The molecule has 0 unspecified atom stereocenters. The van der Waals surface area contributed by atoms with Crippen molar-refractivity contribution in [2.24, 2.45) is 5.41 Å². The van der Waals surface area contributed by atoms with E-state index in [0.717, 1.165) is 43.5 Å². The molecular formula is C21H34F2N4O3. The van der Waals surface area contributed by atoms with Gasteiger partial charge in [-0.05, 0) is 44.1 Å². The number of likely N-dealkylation sites (N-methyl/N-ethyl adjacent to an activating group) is 2. The molecule has 1 aromatic heterocycles. The van der Waals surface area contributed by atoms with Crippen LogP contribution >= 0.6 is 0 Å². The van der Waals surface area contributed by atoms with E-state index in [1.807, 2.05) is 11.9 Å². The van der Waals surface area contributed by atoms with Crippen LogP contribution in [0.2, 0.25) is 0 Å². The Balaban J connectivity index is 1.76. The first-order valence-electron chi connectivity index (χ1n) is 10.6. The molecular weight excluding hydrogens is 394 g/mol. The maximum absolute atomic E-state index is 14.1. The van der Waals surface area contributed by atoms with Gasteiger partial charge in [-0.25, -0.2) is 13.6 Å². The van der Waals surface area contributed by atoms with Crippen LogP contribution in [0.15, 0.2) is 0 Å². The third kappa shape index (κ3) is 5.11. The number of carbonyl (C=O) groups is 1. The highest BCUT2D eigenvalue weighted by molar-refractivity contribution is 5.64. The number of methoxy groups -OCH3 is 1. The molecule has 3 rings (SSSR count). The molecule has 0 radical (unpaired) electrons. The predicted octanol–water partition coefficient (Wildman–Crippen LogP) is 3.43. The van der Waals surface area contributed by atoms with Crippen molar-refractivity contribution in [2.75, 3.05) is 40.9 Å². The highest BCUT2D eigenvalue weighted by atomic mass is 19.3. The first-order valence-corrected chi connectivity index (χ1v) is 10.6. The van der Waals surface area contributed by atoms with E-state index in [9.17, 15) is 13.6 Å². The van der Waals surface area contributed by atoms with E-state index >= 15 is 0 Å². The molecule has 0 aromatic carbocycles. The topological polar surface area (TPSA) is 70.8 Å². The van der Waals surface area contributed by atoms with Gasteiger partial charge in [0, 0.05) is 45.0 Å². The molecule has 170 valence electrons. The van der Waals surface area contributed by atoms with Crippen LogP contribution in [-0.4, -0.2) is 77.6 Å². The van der Waals surface area contributed by atoms with Gasteiger partial charge in [-0.2, -0.15) is 5.10 Å². The number of amides is 1. The lowest BCUT2D eigenvalue weighted by Crippen LogP contribution is -2.34. The minimum atomic E-state index is -2.73. The smallest absolute Gasteiger partial charge is 0.407 e. The van der Waals surface area contributed by atoms with Gasteiger partial charge in [0.2, 0.25) is 0 Å². The van der Waals surface area contributed by atoms with Crippen molar-refractivity contribution in [1.82, 2.24) is 19.6 Å². The van der Waals surface area contributed by atoms with Gasteiger partial charge in [0.15, 0.2) is 0 Å². The van der Waals surface area contributed by atoms with Gasteiger partial charge >= 0.3 is 6.09 Å². The predicted molar refractivity (Wildman–Crippen MR) is 109 cm³/mol. The Morgan fingerprint density at radius 3 is 2.57 bits per heavy atom. The molecule has 1 aliphatic heterocycles. The zero-order valence-corrected chi connectivity index (χ0v) is 18.5. The third-order valence-electron chi connectivity index (χ3n) is 6.64. The number of alkyl halides is 2. The number of aromatic nitrogens is 2. The van der Waals surface area contributed by atoms with Crippen molar-refractivity contribution in [3.63, 3.8) is 0 Å². The van der Waals surface area contributed by atoms with Crippen molar-refractivity contribution in [1.29, 1.82) is 0 Å². The van der Waals surface area contributed by atoms with Gasteiger partial charge in [0.05, 0.1) is 18.7 Å². The Bertz CT molecular complexity index is 760. The summed E-state index contributed by atoms with van der Waals surface area (Å²) < 4.78 is 35.0. The van der Waals surface area contributed by atoms with E-state index in [-0.39, 0.29) is 24.3 Å². The molecule has 0 atom stereocenters. The summed E-state index contributed by atoms with van der Waals surface area (Å²) in [6.45, 7) is 4.06. The fraction of sp³-hybridized carbons (Fsp3) is 0.810. The number of hydrogen-bond acceptors (Lipinski definition) is 4. The lowest BCUT2D eigenvalue weighted by Gasteiger charge is -2.37. The number of hydrogen-bond donors (Lipinski definition) is 1. The minimum Gasteiger partial charge on any atom is -0.465 e. The summed E-state index contributed by atoms with van der Waals surface area (Å²) in [6, 6.07) is 0. The van der Waals surface area contributed by atoms with Crippen molar-refractivity contribution >= 4 is 6.09 Å². The molecule has 1 N–H and O–H groups in total. The second-order valence-electron chi connectivity index (χ2n) is 9.46. The fourth-order valence-corrected chi connectivity index (χ4v) is 4.84. The SMILES string of the molecule is COCC1(C)CCC(c2c(CN(C)CCN(C)C(=O)O)nn3c2CC(F)(F)C3)CC1. The summed E-state index contributed by atoms with van der Waals surface area (Å²) in [5.74, 6) is -2.50. The Hall–Kier alpha value is -1.74. The summed E-state index contributed by atoms with van der Waals surface area (Å²) in [6.07, 6.45) is 2.70. The summed E-state index contributed by atoms with van der Waals surface area (Å²) in [5, 5.41) is 13.6. The number of ether oxygens (including phenoxy) is 1. The quantitative estimate of drug-likeness (QED) is 0.687. The molecule has 2 heterocycles. The number of rotatable bonds is 8. The van der Waals surface area contributed by atoms with E-state index in [1.165, 1.54) is 16.6 Å². The Kier molecular flexibility index (Phi) is 6.72. The number of nitrogens with zero attached hydrogens (tertiary/aromatic N) is 4. The molecule has 2 aliphatic rings. The molecule has 1 aliphatic carbocycles. The Labute approximate surface area is 177 Å². The standard InChI is InChI=1S/C21H34F2N4O3/c1-20(14-30-4)7-5-15(6-8-20)18-16(12-25(2)9-10-26(3)19(28)29)24-27-13-21(22,23)11-17(18)27/h15H,5-14H2,1-4H3,(H,28,29). The molecule has 0 bridgehead atoms. The number of fused-ring (bicyclic) bond motifs is 1. The van der Waals surface area contributed by atoms with Gasteiger partial charge in [0.25, 0.3) is 5.92 Å². The van der Waals surface area contributed by atoms with Crippen LogP contribution in [0.4, 0.5) is 13.6 Å². The lowest BCUT2D eigenvalue weighted by atomic mass is 9.70. The van der Waals surface area contributed by atoms with Gasteiger partial charge in [0.1, 0.15) is 6.54 Å². The first-order chi connectivity index (χ1) is 14.0. The van der Waals surface area contributed by atoms with Crippen LogP contribution in [0.1, 0.15) is 55.5 Å². The van der Waals surface area contributed by atoms with Crippen molar-refractivity contribution in [3.05, 3.63) is 17.0 Å². The molecule has 1 fully saturated rings. The van der Waals surface area contributed by atoms with Crippen molar-refractivity contribution < 1.29 is 23.4 Å². The van der Waals surface area contributed by atoms with Crippen molar-refractivity contribution in [3.8, 4) is 0 Å². The number of carboxylic acid groups (broad SMARTS) is 1. The monoisotopic (exact) mass is 428 g/mol. The fourth-order valence-electron chi connectivity index (χ4n) is 4.84. The van der Waals surface area contributed by atoms with Crippen molar-refractivity contribution in [2.45, 2.75) is 64.0 Å². The van der Waals surface area contributed by atoms with Crippen LogP contribution in [0.5, 0.6) is 0 Å². The van der Waals surface area contributed by atoms with Crippen LogP contribution in [0, 0.1) is 5.41 Å². The normalized spacial score (nSPS) is 25.5. The minimum absolute atomic E-state index is 0.143. The van der Waals surface area contributed by atoms with Crippen LogP contribution in [-0.2, 0) is 24.2 Å². The first kappa shape index (κ1) is 22.9. The van der Waals surface area contributed by atoms with E-state index in [1.54, 1.807) is 7.11 Å². The van der Waals surface area contributed by atoms with E-state index in [2.05, 4.69) is 12.0 Å². The van der Waals surface area contributed by atoms with E-state index in [4.69, 9.17) is 9.84 Å². The second-order valence-corrected chi connectivity index (χ2v) is 9.46. The van der Waals surface area contributed by atoms with Crippen LogP contribution in [0.3, 0.4) is 0 Å². The molecule has 7 nitrogen and oxygen atoms in total. The van der Waals surface area contributed by atoms with Gasteiger partial charge < -0.3 is 14.7 Å². The Morgan fingerprint density at radius 2 is 1.97 bits per heavy atom. The molecule has 1 amide bonds. The summed E-state index contributed by atoms with van der Waals surface area (Å²) in [5.41, 5.74) is 2.70. The van der Waals surface area contributed by atoms with Crippen LogP contribution in [0.25, 0.3) is 0 Å². The highest BCUT2D eigenvalue weighted by Crippen LogP contribution is 2.46. The highest BCUT2D eigenvalue weighted by Gasteiger charge is 2.43. The largest absolute Gasteiger partial charge is 0.465 e. The third-order valence-corrected chi connectivity index (χ3v) is 6.64. The van der Waals surface area contributed by atoms with E-state index in [0.29, 0.717) is 25.3 Å². The Morgan fingerprint density at radius 1 is 1.30 bits per heavy atom. The molecule has 1 saturated carbocycles. The zero-order chi connectivity index (χ0) is 22.1. The average molecular weight is 429 g/mol. The maximum atomic E-state index is 14.1. The van der Waals surface area contributed by atoms with E-state index < -0.39 is 12.0 Å².